The molecule has 1 aliphatic heterocycles. The summed E-state index contributed by atoms with van der Waals surface area (Å²) < 4.78 is 57.3. The van der Waals surface area contributed by atoms with E-state index >= 15 is 0 Å². The normalized spacial score (nSPS) is 13.5. The molecule has 32 heavy (non-hydrogen) atoms. The minimum atomic E-state index is -4.32. The Morgan fingerprint density at radius 1 is 1.28 bits per heavy atom. The number of hydrogen-bond donors (Lipinski definition) is 2. The fraction of sp³-hybridized carbons (Fsp3) is 0.150. The van der Waals surface area contributed by atoms with Crippen LogP contribution in [0.2, 0.25) is 0 Å². The molecule has 1 aromatic heterocycles. The van der Waals surface area contributed by atoms with Gasteiger partial charge in [-0.1, -0.05) is 0 Å². The number of hydrogen-bond acceptors (Lipinski definition) is 6. The van der Waals surface area contributed by atoms with Gasteiger partial charge in [0.1, 0.15) is 23.5 Å². The summed E-state index contributed by atoms with van der Waals surface area (Å²) in [6.45, 7) is -0.425. The highest BCUT2D eigenvalue weighted by molar-refractivity contribution is 7.89. The van der Waals surface area contributed by atoms with Gasteiger partial charge in [0.2, 0.25) is 10.0 Å². The molecule has 1 aliphatic rings. The van der Waals surface area contributed by atoms with Crippen molar-refractivity contribution in [3.63, 3.8) is 0 Å². The third-order valence-corrected chi connectivity index (χ3v) is 5.95. The molecule has 0 unspecified atom stereocenters. The molecular formula is C20H15F2N5O4S. The third kappa shape index (κ3) is 3.57. The number of nitriles is 1. The fourth-order valence-corrected chi connectivity index (χ4v) is 4.06. The van der Waals surface area contributed by atoms with Crippen molar-refractivity contribution in [2.24, 2.45) is 5.14 Å². The monoisotopic (exact) mass is 459 g/mol. The van der Waals surface area contributed by atoms with Gasteiger partial charge in [0.15, 0.2) is 0 Å². The summed E-state index contributed by atoms with van der Waals surface area (Å²) >= 11 is 0. The van der Waals surface area contributed by atoms with Crippen LogP contribution in [-0.4, -0.2) is 26.5 Å². The lowest BCUT2D eigenvalue weighted by atomic mass is 10.0. The Labute approximate surface area is 181 Å². The summed E-state index contributed by atoms with van der Waals surface area (Å²) in [7, 11) is -2.92. The smallest absolute Gasteiger partial charge is 0.322 e. The average Bonchev–Trinajstić information content (AvgIpc) is 2.75. The number of urea groups is 1. The van der Waals surface area contributed by atoms with E-state index in [1.54, 1.807) is 0 Å². The maximum Gasteiger partial charge on any atom is 0.322 e. The number of anilines is 1. The molecule has 2 amide bonds. The molecule has 0 saturated heterocycles. The Morgan fingerprint density at radius 3 is 2.56 bits per heavy atom. The number of aromatic nitrogens is 1. The van der Waals surface area contributed by atoms with Crippen LogP contribution < -0.4 is 20.1 Å². The summed E-state index contributed by atoms with van der Waals surface area (Å²) in [6.07, 6.45) is 1.51. The number of amides is 2. The summed E-state index contributed by atoms with van der Waals surface area (Å²) in [5.41, 5.74) is 0.959. The van der Waals surface area contributed by atoms with Crippen LogP contribution >= 0.6 is 0 Å². The second kappa shape index (κ2) is 7.70. The molecule has 2 aromatic carbocycles. The number of fused-ring (bicyclic) bond motifs is 3. The molecule has 2 heterocycles. The van der Waals surface area contributed by atoms with Crippen LogP contribution in [0.3, 0.4) is 0 Å². The first-order valence-electron chi connectivity index (χ1n) is 9.10. The molecule has 0 radical (unpaired) electrons. The number of ether oxygens (including phenoxy) is 1. The van der Waals surface area contributed by atoms with Gasteiger partial charge in [-0.05, 0) is 18.2 Å². The zero-order valence-corrected chi connectivity index (χ0v) is 17.3. The molecule has 0 bridgehead atoms. The van der Waals surface area contributed by atoms with Gasteiger partial charge in [0, 0.05) is 35.3 Å². The number of nitrogens with zero attached hydrogens (tertiary/aromatic N) is 3. The van der Waals surface area contributed by atoms with Crippen LogP contribution in [0.15, 0.2) is 35.4 Å². The van der Waals surface area contributed by atoms with Crippen molar-refractivity contribution in [1.29, 1.82) is 5.26 Å². The first-order valence-corrected chi connectivity index (χ1v) is 10.6. The topological polar surface area (TPSA) is 138 Å². The Hall–Kier alpha value is -3.82. The quantitative estimate of drug-likeness (QED) is 0.614. The molecule has 0 saturated carbocycles. The molecule has 0 fully saturated rings. The number of benzene rings is 2. The van der Waals surface area contributed by atoms with Gasteiger partial charge in [0.25, 0.3) is 0 Å². The minimum Gasteiger partial charge on any atom is -0.495 e. The number of primary sulfonamides is 1. The van der Waals surface area contributed by atoms with Crippen LogP contribution in [-0.2, 0) is 23.1 Å². The summed E-state index contributed by atoms with van der Waals surface area (Å²) in [5.74, 6) is -2.06. The van der Waals surface area contributed by atoms with Crippen molar-refractivity contribution < 1.29 is 26.7 Å². The van der Waals surface area contributed by atoms with Crippen molar-refractivity contribution in [2.75, 3.05) is 12.0 Å². The molecule has 3 aromatic rings. The van der Waals surface area contributed by atoms with E-state index in [-0.39, 0.29) is 17.9 Å². The van der Waals surface area contributed by atoms with E-state index in [0.29, 0.717) is 34.3 Å². The van der Waals surface area contributed by atoms with Crippen LogP contribution in [0.25, 0.3) is 10.9 Å². The first kappa shape index (κ1) is 21.4. The maximum atomic E-state index is 14.6. The van der Waals surface area contributed by atoms with Gasteiger partial charge in [-0.15, -0.1) is 0 Å². The van der Waals surface area contributed by atoms with Gasteiger partial charge >= 0.3 is 6.03 Å². The highest BCUT2D eigenvalue weighted by atomic mass is 32.2. The fourth-order valence-electron chi connectivity index (χ4n) is 3.52. The SMILES string of the molecule is COc1cc2ncc3c(c2cc1C#N)N(Cc1c(F)cc(S(N)(=O)=O)cc1F)C(=O)NC3. The van der Waals surface area contributed by atoms with Crippen molar-refractivity contribution in [3.05, 3.63) is 58.8 Å². The van der Waals surface area contributed by atoms with Gasteiger partial charge in [-0.3, -0.25) is 9.88 Å². The van der Waals surface area contributed by atoms with E-state index < -0.39 is 44.7 Å². The van der Waals surface area contributed by atoms with E-state index in [1.807, 2.05) is 6.07 Å². The van der Waals surface area contributed by atoms with Crippen LogP contribution in [0.4, 0.5) is 19.3 Å². The predicted octanol–water partition coefficient (Wildman–Crippen LogP) is 2.27. The zero-order valence-electron chi connectivity index (χ0n) is 16.5. The van der Waals surface area contributed by atoms with E-state index in [1.165, 1.54) is 25.4 Å². The maximum absolute atomic E-state index is 14.6. The molecule has 0 aliphatic carbocycles. The number of rotatable bonds is 4. The number of carbonyl (C=O) groups excluding carboxylic acids is 1. The number of sulfonamides is 1. The van der Waals surface area contributed by atoms with Gasteiger partial charge in [0.05, 0.1) is 35.3 Å². The number of carbonyl (C=O) groups is 1. The number of pyridine rings is 1. The lowest BCUT2D eigenvalue weighted by molar-refractivity contribution is 0.244. The molecule has 3 N–H and O–H groups in total. The van der Waals surface area contributed by atoms with Crippen molar-refractivity contribution in [2.45, 2.75) is 18.0 Å². The van der Waals surface area contributed by atoms with Gasteiger partial charge in [-0.2, -0.15) is 5.26 Å². The summed E-state index contributed by atoms with van der Waals surface area (Å²) in [4.78, 5) is 17.4. The molecule has 4 rings (SSSR count). The largest absolute Gasteiger partial charge is 0.495 e. The lowest BCUT2D eigenvalue weighted by Gasteiger charge is -2.31. The third-order valence-electron chi connectivity index (χ3n) is 5.06. The number of nitrogens with one attached hydrogen (secondary N) is 1. The second-order valence-corrected chi connectivity index (χ2v) is 8.53. The van der Waals surface area contributed by atoms with Crippen molar-refractivity contribution >= 4 is 32.6 Å². The average molecular weight is 459 g/mol. The van der Waals surface area contributed by atoms with E-state index in [2.05, 4.69) is 10.3 Å². The predicted molar refractivity (Wildman–Crippen MR) is 109 cm³/mol. The second-order valence-electron chi connectivity index (χ2n) is 6.97. The molecule has 0 atom stereocenters. The Balaban J connectivity index is 1.89. The van der Waals surface area contributed by atoms with Crippen LogP contribution in [0, 0.1) is 23.0 Å². The molecule has 12 heteroatoms. The summed E-state index contributed by atoms with van der Waals surface area (Å²) in [5, 5.41) is 17.4. The lowest BCUT2D eigenvalue weighted by Crippen LogP contribution is -2.44. The molecule has 0 spiro atoms. The molecule has 164 valence electrons. The van der Waals surface area contributed by atoms with Gasteiger partial charge in [-0.25, -0.2) is 27.1 Å². The first-order chi connectivity index (χ1) is 15.1. The van der Waals surface area contributed by atoms with E-state index in [4.69, 9.17) is 9.88 Å². The number of halogens is 2. The zero-order chi connectivity index (χ0) is 23.2. The highest BCUT2D eigenvalue weighted by Crippen LogP contribution is 2.36. The Bertz CT molecular complexity index is 1410. The van der Waals surface area contributed by atoms with Crippen molar-refractivity contribution in [1.82, 2.24) is 10.3 Å². The standard InChI is InChI=1S/C20H15F2N5O4S/c1-31-18-5-17-13(2-10(18)6-23)19-11(7-25-17)8-26-20(28)27(19)9-14-15(21)3-12(4-16(14)22)32(24,29)30/h2-5,7H,8-9H2,1H3,(H,26,28)(H2,24,29,30). The molecular weight excluding hydrogens is 444 g/mol. The van der Waals surface area contributed by atoms with E-state index in [9.17, 15) is 27.3 Å². The van der Waals surface area contributed by atoms with Crippen molar-refractivity contribution in [3.8, 4) is 11.8 Å². The minimum absolute atomic E-state index is 0.122. The summed E-state index contributed by atoms with van der Waals surface area (Å²) in [6, 6.07) is 5.58. The van der Waals surface area contributed by atoms with Crippen LogP contribution in [0.1, 0.15) is 16.7 Å². The molecule has 9 nitrogen and oxygen atoms in total. The van der Waals surface area contributed by atoms with Crippen LogP contribution in [0.5, 0.6) is 5.75 Å². The number of nitrogens with two attached hydrogens (primary N) is 1. The number of methoxy groups -OCH3 is 1. The Kier molecular flexibility index (Phi) is 5.15. The van der Waals surface area contributed by atoms with E-state index in [0.717, 1.165) is 4.90 Å². The Morgan fingerprint density at radius 2 is 1.97 bits per heavy atom. The van der Waals surface area contributed by atoms with Gasteiger partial charge < -0.3 is 10.1 Å². The highest BCUT2D eigenvalue weighted by Gasteiger charge is 2.29.